The van der Waals surface area contributed by atoms with E-state index < -0.39 is 43.7 Å². The molecule has 0 aliphatic carbocycles. The summed E-state index contributed by atoms with van der Waals surface area (Å²) < 4.78 is 22.8. The van der Waals surface area contributed by atoms with Crippen molar-refractivity contribution in [1.29, 1.82) is 0 Å². The molecule has 1 aromatic heterocycles. The van der Waals surface area contributed by atoms with Gasteiger partial charge in [-0.2, -0.15) is 0 Å². The van der Waals surface area contributed by atoms with E-state index in [0.29, 0.717) is 12.0 Å². The number of carbonyl (C=O) groups excluding carboxylic acids is 1. The Morgan fingerprint density at radius 3 is 2.49 bits per heavy atom. The maximum absolute atomic E-state index is 12.9. The Kier molecular flexibility index (Phi) is 10.9. The fourth-order valence-electron chi connectivity index (χ4n) is 4.47. The first-order valence-corrected chi connectivity index (χ1v) is 13.6. The summed E-state index contributed by atoms with van der Waals surface area (Å²) in [7, 11) is 1.47. The number of H-pyrrole nitrogens is 1. The van der Waals surface area contributed by atoms with Gasteiger partial charge in [-0.1, -0.05) is 6.92 Å². The zero-order chi connectivity index (χ0) is 28.1. The van der Waals surface area contributed by atoms with Crippen LogP contribution in [0.15, 0.2) is 15.8 Å². The van der Waals surface area contributed by atoms with E-state index in [1.807, 2.05) is 41.5 Å². The number of amides is 2. The number of hydrogen-bond acceptors (Lipinski definition) is 7. The van der Waals surface area contributed by atoms with Gasteiger partial charge in [0.2, 0.25) is 6.54 Å². The van der Waals surface area contributed by atoms with Crippen molar-refractivity contribution in [2.45, 2.75) is 90.9 Å². The van der Waals surface area contributed by atoms with Crippen molar-refractivity contribution in [1.82, 2.24) is 24.4 Å². The van der Waals surface area contributed by atoms with Crippen LogP contribution in [0, 0.1) is 13.5 Å². The summed E-state index contributed by atoms with van der Waals surface area (Å²) in [5, 5.41) is 2.63. The summed E-state index contributed by atoms with van der Waals surface area (Å²) in [5.74, 6) is 0. The lowest BCUT2D eigenvalue weighted by Gasteiger charge is -2.41. The fraction of sp³-hybridized carbons (Fsp3) is 0.750. The van der Waals surface area contributed by atoms with Crippen LogP contribution in [0.5, 0.6) is 0 Å². The largest absolute Gasteiger partial charge is 0.347 e. The molecule has 0 radical (unpaired) electrons. The molecular formula is C24H41N6O6P. The number of likely N-dealkylation sites (N-methyl/N-ethyl adjacent to an activating group) is 1. The number of aromatic amines is 1. The van der Waals surface area contributed by atoms with Crippen LogP contribution in [-0.2, 0) is 13.8 Å². The van der Waals surface area contributed by atoms with Crippen molar-refractivity contribution < 1.29 is 18.6 Å². The lowest BCUT2D eigenvalue weighted by atomic mass is 9.93. The lowest BCUT2D eigenvalue weighted by molar-refractivity contribution is -0.0916. The molecule has 208 valence electrons. The van der Waals surface area contributed by atoms with Crippen LogP contribution in [0.3, 0.4) is 0 Å². The SMILES string of the molecule is [C-]#[N+]CCOP(O[C@H]1[C@@H](N(C)C(=O)NC)[C@H](n2cc(C)c(=O)[nH]c2=O)O[C@]1(C)CC)N(C(C)C)C(C)C. The highest BCUT2D eigenvalue weighted by atomic mass is 31.2. The Balaban J connectivity index is 2.67. The Labute approximate surface area is 220 Å². The molecule has 1 saturated heterocycles. The highest BCUT2D eigenvalue weighted by molar-refractivity contribution is 7.44. The molecule has 1 aliphatic rings. The average molecular weight is 541 g/mol. The first kappa shape index (κ1) is 30.9. The molecule has 5 atom stereocenters. The van der Waals surface area contributed by atoms with E-state index >= 15 is 0 Å². The zero-order valence-electron chi connectivity index (χ0n) is 23.3. The van der Waals surface area contributed by atoms with Crippen LogP contribution >= 0.6 is 8.53 Å². The number of hydrogen-bond donors (Lipinski definition) is 2. The monoisotopic (exact) mass is 540 g/mol. The molecule has 0 spiro atoms. The van der Waals surface area contributed by atoms with E-state index in [1.165, 1.54) is 22.7 Å². The van der Waals surface area contributed by atoms with Gasteiger partial charge in [0.25, 0.3) is 14.1 Å². The molecule has 13 heteroatoms. The van der Waals surface area contributed by atoms with Crippen LogP contribution in [0.2, 0.25) is 0 Å². The highest BCUT2D eigenvalue weighted by Crippen LogP contribution is 2.53. The smallest absolute Gasteiger partial charge is 0.330 e. The van der Waals surface area contributed by atoms with Gasteiger partial charge in [0.05, 0.1) is 5.60 Å². The Bertz CT molecular complexity index is 1080. The van der Waals surface area contributed by atoms with Crippen LogP contribution in [-0.4, -0.2) is 82.2 Å². The quantitative estimate of drug-likeness (QED) is 0.251. The minimum Gasteiger partial charge on any atom is -0.347 e. The maximum Gasteiger partial charge on any atom is 0.330 e. The fourth-order valence-corrected chi connectivity index (χ4v) is 6.31. The molecule has 2 heterocycles. The molecular weight excluding hydrogens is 499 g/mol. The Hall–Kier alpha value is -2.29. The van der Waals surface area contributed by atoms with Gasteiger partial charge in [0.15, 0.2) is 6.23 Å². The van der Waals surface area contributed by atoms with Crippen molar-refractivity contribution in [2.75, 3.05) is 27.2 Å². The third kappa shape index (κ3) is 6.78. The summed E-state index contributed by atoms with van der Waals surface area (Å²) in [4.78, 5) is 45.0. The third-order valence-electron chi connectivity index (χ3n) is 6.55. The second-order valence-electron chi connectivity index (χ2n) is 9.86. The normalized spacial score (nSPS) is 24.5. The van der Waals surface area contributed by atoms with Gasteiger partial charge in [0, 0.05) is 37.9 Å². The first-order chi connectivity index (χ1) is 17.3. The Morgan fingerprint density at radius 2 is 1.97 bits per heavy atom. The number of nitrogens with zero attached hydrogens (tertiary/aromatic N) is 4. The Morgan fingerprint density at radius 1 is 1.35 bits per heavy atom. The predicted molar refractivity (Wildman–Crippen MR) is 142 cm³/mol. The predicted octanol–water partition coefficient (Wildman–Crippen LogP) is 2.85. The third-order valence-corrected chi connectivity index (χ3v) is 8.66. The molecule has 0 bridgehead atoms. The molecule has 0 saturated carbocycles. The highest BCUT2D eigenvalue weighted by Gasteiger charge is 2.57. The van der Waals surface area contributed by atoms with Crippen LogP contribution in [0.25, 0.3) is 4.85 Å². The number of aryl methyl sites for hydroxylation is 1. The molecule has 1 aliphatic heterocycles. The van der Waals surface area contributed by atoms with Gasteiger partial charge in [0.1, 0.15) is 18.8 Å². The summed E-state index contributed by atoms with van der Waals surface area (Å²) >= 11 is 0. The van der Waals surface area contributed by atoms with Crippen molar-refractivity contribution in [3.8, 4) is 0 Å². The molecule has 37 heavy (non-hydrogen) atoms. The van der Waals surface area contributed by atoms with E-state index in [9.17, 15) is 14.4 Å². The molecule has 12 nitrogen and oxygen atoms in total. The topological polar surface area (TPSA) is 122 Å². The van der Waals surface area contributed by atoms with Gasteiger partial charge >= 0.3 is 11.7 Å². The number of carbonyl (C=O) groups is 1. The molecule has 2 N–H and O–H groups in total. The maximum atomic E-state index is 12.9. The van der Waals surface area contributed by atoms with Gasteiger partial charge in [-0.15, -0.1) is 0 Å². The standard InChI is InChI=1S/C24H41N6O6P/c1-11-24(7)19(36-37(34-13-12-25-8)30(15(2)3)16(4)5)18(28(10)22(32)26-9)21(35-24)29-14-17(6)20(31)27-23(29)33/h14-16,18-19,21H,11-13H2,1-7,9-10H3,(H,26,32)(H,27,31,33)/t18-,19+,21-,24-,37?/m1/s1. The summed E-state index contributed by atoms with van der Waals surface area (Å²) in [6.45, 7) is 21.1. The van der Waals surface area contributed by atoms with Gasteiger partial charge in [-0.3, -0.25) is 14.3 Å². The van der Waals surface area contributed by atoms with E-state index in [-0.39, 0.29) is 31.3 Å². The van der Waals surface area contributed by atoms with E-state index in [2.05, 4.69) is 19.8 Å². The van der Waals surface area contributed by atoms with Crippen LogP contribution < -0.4 is 16.6 Å². The second-order valence-corrected chi connectivity index (χ2v) is 11.3. The van der Waals surface area contributed by atoms with E-state index in [1.54, 1.807) is 14.0 Å². The second kappa shape index (κ2) is 13.0. The van der Waals surface area contributed by atoms with Crippen LogP contribution in [0.4, 0.5) is 4.79 Å². The molecule has 2 rings (SSSR count). The number of aromatic nitrogens is 2. The number of nitrogens with one attached hydrogen (secondary N) is 2. The van der Waals surface area contributed by atoms with Gasteiger partial charge < -0.3 is 28.8 Å². The molecule has 2 amide bonds. The molecule has 0 aromatic carbocycles. The lowest BCUT2D eigenvalue weighted by Crippen LogP contribution is -2.54. The number of ether oxygens (including phenoxy) is 1. The molecule has 1 unspecified atom stereocenters. The summed E-state index contributed by atoms with van der Waals surface area (Å²) in [6.07, 6.45) is 0.311. The number of urea groups is 1. The van der Waals surface area contributed by atoms with Gasteiger partial charge in [-0.25, -0.2) is 20.8 Å². The van der Waals surface area contributed by atoms with Crippen LogP contribution in [0.1, 0.15) is 59.8 Å². The molecule has 1 fully saturated rings. The zero-order valence-corrected chi connectivity index (χ0v) is 24.2. The summed E-state index contributed by atoms with van der Waals surface area (Å²) in [6, 6.07) is -0.984. The minimum atomic E-state index is -1.67. The van der Waals surface area contributed by atoms with Crippen molar-refractivity contribution in [3.63, 3.8) is 0 Å². The average Bonchev–Trinajstić information content (AvgIpc) is 3.12. The van der Waals surface area contributed by atoms with Crippen molar-refractivity contribution in [2.24, 2.45) is 0 Å². The van der Waals surface area contributed by atoms with Crippen molar-refractivity contribution >= 4 is 14.6 Å². The minimum absolute atomic E-state index is 0.0737. The van der Waals surface area contributed by atoms with Crippen molar-refractivity contribution in [3.05, 3.63) is 44.0 Å². The van der Waals surface area contributed by atoms with E-state index in [4.69, 9.17) is 20.4 Å². The van der Waals surface area contributed by atoms with E-state index in [0.717, 1.165) is 0 Å². The number of rotatable bonds is 11. The van der Waals surface area contributed by atoms with Gasteiger partial charge in [-0.05, 0) is 48.0 Å². The first-order valence-electron chi connectivity index (χ1n) is 12.5. The summed E-state index contributed by atoms with van der Waals surface area (Å²) in [5.41, 5.74) is -1.70. The molecule has 1 aromatic rings.